The van der Waals surface area contributed by atoms with Crippen LogP contribution in [0.2, 0.25) is 0 Å². The summed E-state index contributed by atoms with van der Waals surface area (Å²) >= 11 is 3.45. The van der Waals surface area contributed by atoms with Gasteiger partial charge in [-0.15, -0.1) is 0 Å². The molecule has 0 aliphatic carbocycles. The Morgan fingerprint density at radius 1 is 1.14 bits per heavy atom. The molecule has 152 valence electrons. The first-order valence-electron chi connectivity index (χ1n) is 9.10. The third-order valence-corrected chi connectivity index (χ3v) is 4.85. The molecule has 0 saturated heterocycles. The van der Waals surface area contributed by atoms with Gasteiger partial charge in [0.1, 0.15) is 23.7 Å². The maximum atomic E-state index is 12.1. The lowest BCUT2D eigenvalue weighted by Crippen LogP contribution is -2.09. The largest absolute Gasteiger partial charge is 0.497 e. The summed E-state index contributed by atoms with van der Waals surface area (Å²) in [5.41, 5.74) is 1.93. The van der Waals surface area contributed by atoms with Crippen LogP contribution in [0.3, 0.4) is 0 Å². The number of methoxy groups -OCH3 is 1. The van der Waals surface area contributed by atoms with E-state index in [1.807, 2.05) is 12.1 Å². The smallest absolute Gasteiger partial charge is 0.310 e. The van der Waals surface area contributed by atoms with Crippen molar-refractivity contribution >= 4 is 38.7 Å². The first kappa shape index (κ1) is 20.9. The van der Waals surface area contributed by atoms with Crippen molar-refractivity contribution in [2.24, 2.45) is 0 Å². The monoisotopic (exact) mass is 460 g/mol. The zero-order valence-electron chi connectivity index (χ0n) is 16.4. The van der Waals surface area contributed by atoms with Crippen LogP contribution in [-0.2, 0) is 22.6 Å². The zero-order chi connectivity index (χ0) is 21.0. The lowest BCUT2D eigenvalue weighted by atomic mass is 10.1. The van der Waals surface area contributed by atoms with E-state index in [-0.39, 0.29) is 30.5 Å². The van der Waals surface area contributed by atoms with Crippen LogP contribution >= 0.6 is 15.9 Å². The van der Waals surface area contributed by atoms with Gasteiger partial charge in [-0.1, -0.05) is 22.0 Å². The summed E-state index contributed by atoms with van der Waals surface area (Å²) < 4.78 is 22.9. The fraction of sp³-hybridized carbons (Fsp3) is 0.273. The highest BCUT2D eigenvalue weighted by molar-refractivity contribution is 9.10. The second kappa shape index (κ2) is 9.13. The number of carbonyl (C=O) groups is 2. The highest BCUT2D eigenvalue weighted by atomic mass is 79.9. The van der Waals surface area contributed by atoms with Crippen LogP contribution in [0.1, 0.15) is 35.5 Å². The van der Waals surface area contributed by atoms with E-state index in [0.29, 0.717) is 34.8 Å². The third kappa shape index (κ3) is 4.79. The van der Waals surface area contributed by atoms with Gasteiger partial charge in [-0.05, 0) is 31.2 Å². The van der Waals surface area contributed by atoms with Gasteiger partial charge in [0.2, 0.25) is 0 Å². The van der Waals surface area contributed by atoms with E-state index < -0.39 is 0 Å². The summed E-state index contributed by atoms with van der Waals surface area (Å²) in [6.45, 7) is 3.62. The fourth-order valence-corrected chi connectivity index (χ4v) is 3.37. The van der Waals surface area contributed by atoms with E-state index in [0.717, 1.165) is 9.86 Å². The van der Waals surface area contributed by atoms with Crippen molar-refractivity contribution in [3.8, 4) is 11.5 Å². The minimum Gasteiger partial charge on any atom is -0.497 e. The van der Waals surface area contributed by atoms with E-state index >= 15 is 0 Å². The van der Waals surface area contributed by atoms with Crippen LogP contribution in [0.15, 0.2) is 45.3 Å². The van der Waals surface area contributed by atoms with Crippen molar-refractivity contribution in [2.75, 3.05) is 13.7 Å². The molecule has 1 aromatic heterocycles. The summed E-state index contributed by atoms with van der Waals surface area (Å²) in [6.07, 6.45) is 0.0738. The Kier molecular flexibility index (Phi) is 6.59. The van der Waals surface area contributed by atoms with Gasteiger partial charge in [0.15, 0.2) is 11.5 Å². The van der Waals surface area contributed by atoms with Gasteiger partial charge in [-0.2, -0.15) is 0 Å². The highest BCUT2D eigenvalue weighted by Crippen LogP contribution is 2.32. The molecule has 1 heterocycles. The SMILES string of the molecule is CCOC(=O)Cc1ccc(OC)cc1OCc1c(C(C)=O)oc2ccc(Br)cc12. The molecule has 2 aromatic carbocycles. The Bertz CT molecular complexity index is 1050. The second-order valence-electron chi connectivity index (χ2n) is 6.35. The molecule has 0 aliphatic rings. The Labute approximate surface area is 176 Å². The molecule has 0 radical (unpaired) electrons. The number of hydrogen-bond donors (Lipinski definition) is 0. The lowest BCUT2D eigenvalue weighted by molar-refractivity contribution is -0.142. The van der Waals surface area contributed by atoms with E-state index in [1.54, 1.807) is 38.3 Å². The number of halogens is 1. The molecule has 3 rings (SSSR count). The highest BCUT2D eigenvalue weighted by Gasteiger charge is 2.20. The van der Waals surface area contributed by atoms with Crippen molar-refractivity contribution in [3.05, 3.63) is 57.8 Å². The van der Waals surface area contributed by atoms with Gasteiger partial charge in [0.25, 0.3) is 0 Å². The molecule has 0 aliphatic heterocycles. The van der Waals surface area contributed by atoms with Gasteiger partial charge in [0, 0.05) is 34.0 Å². The lowest BCUT2D eigenvalue weighted by Gasteiger charge is -2.13. The number of rotatable bonds is 8. The molecular formula is C22H21BrO6. The number of esters is 1. The average molecular weight is 461 g/mol. The minimum absolute atomic E-state index is 0.0738. The van der Waals surface area contributed by atoms with Crippen LogP contribution in [0.4, 0.5) is 0 Å². The molecule has 0 bridgehead atoms. The molecule has 0 saturated carbocycles. The number of hydrogen-bond acceptors (Lipinski definition) is 6. The van der Waals surface area contributed by atoms with Gasteiger partial charge < -0.3 is 18.6 Å². The van der Waals surface area contributed by atoms with Gasteiger partial charge in [0.05, 0.1) is 20.1 Å². The topological polar surface area (TPSA) is 75.0 Å². The Balaban J connectivity index is 1.94. The van der Waals surface area contributed by atoms with Crippen LogP contribution in [0.5, 0.6) is 11.5 Å². The molecule has 0 unspecified atom stereocenters. The van der Waals surface area contributed by atoms with Gasteiger partial charge >= 0.3 is 5.97 Å². The first-order chi connectivity index (χ1) is 13.9. The average Bonchev–Trinajstić information content (AvgIpc) is 3.05. The van der Waals surface area contributed by atoms with Crippen LogP contribution < -0.4 is 9.47 Å². The summed E-state index contributed by atoms with van der Waals surface area (Å²) in [6, 6.07) is 10.8. The number of fused-ring (bicyclic) bond motifs is 1. The molecule has 0 fully saturated rings. The molecule has 0 spiro atoms. The molecule has 0 amide bonds. The maximum absolute atomic E-state index is 12.1. The minimum atomic E-state index is -0.343. The summed E-state index contributed by atoms with van der Waals surface area (Å²) in [5.74, 6) is 0.807. The molecule has 29 heavy (non-hydrogen) atoms. The molecular weight excluding hydrogens is 440 g/mol. The van der Waals surface area contributed by atoms with Crippen molar-refractivity contribution in [3.63, 3.8) is 0 Å². The van der Waals surface area contributed by atoms with Crippen molar-refractivity contribution in [2.45, 2.75) is 26.9 Å². The molecule has 0 N–H and O–H groups in total. The van der Waals surface area contributed by atoms with Crippen LogP contribution in [0.25, 0.3) is 11.0 Å². The Morgan fingerprint density at radius 2 is 1.93 bits per heavy atom. The van der Waals surface area contributed by atoms with E-state index in [4.69, 9.17) is 18.6 Å². The molecule has 3 aromatic rings. The van der Waals surface area contributed by atoms with Gasteiger partial charge in [-0.25, -0.2) is 0 Å². The standard InChI is InChI=1S/C22H21BrO6/c1-4-27-21(25)9-14-5-7-16(26-3)11-20(14)28-12-18-17-10-15(23)6-8-19(17)29-22(18)13(2)24/h5-8,10-11H,4,9,12H2,1-3H3. The number of Topliss-reactive ketones (excluding diaryl/α,β-unsaturated/α-hetero) is 1. The summed E-state index contributed by atoms with van der Waals surface area (Å²) in [4.78, 5) is 24.0. The predicted octanol–water partition coefficient (Wildman–Crippen LogP) is 5.09. The maximum Gasteiger partial charge on any atom is 0.310 e. The third-order valence-electron chi connectivity index (χ3n) is 4.36. The Morgan fingerprint density at radius 3 is 2.62 bits per heavy atom. The van der Waals surface area contributed by atoms with Crippen LogP contribution in [-0.4, -0.2) is 25.5 Å². The normalized spacial score (nSPS) is 10.8. The fourth-order valence-electron chi connectivity index (χ4n) is 3.01. The second-order valence-corrected chi connectivity index (χ2v) is 7.27. The summed E-state index contributed by atoms with van der Waals surface area (Å²) in [7, 11) is 1.55. The van der Waals surface area contributed by atoms with Gasteiger partial charge in [-0.3, -0.25) is 9.59 Å². The number of ether oxygens (including phenoxy) is 3. The molecule has 6 nitrogen and oxygen atoms in total. The van der Waals surface area contributed by atoms with E-state index in [9.17, 15) is 9.59 Å². The number of carbonyl (C=O) groups excluding carboxylic acids is 2. The number of furan rings is 1. The number of benzene rings is 2. The van der Waals surface area contributed by atoms with Crippen molar-refractivity contribution in [1.82, 2.24) is 0 Å². The van der Waals surface area contributed by atoms with E-state index in [2.05, 4.69) is 15.9 Å². The summed E-state index contributed by atoms with van der Waals surface area (Å²) in [5, 5.41) is 0.791. The zero-order valence-corrected chi connectivity index (χ0v) is 18.0. The molecule has 7 heteroatoms. The first-order valence-corrected chi connectivity index (χ1v) is 9.89. The predicted molar refractivity (Wildman–Crippen MR) is 112 cm³/mol. The Hall–Kier alpha value is -2.80. The van der Waals surface area contributed by atoms with Crippen molar-refractivity contribution < 1.29 is 28.2 Å². The number of ketones is 1. The van der Waals surface area contributed by atoms with Crippen LogP contribution in [0, 0.1) is 0 Å². The van der Waals surface area contributed by atoms with Crippen molar-refractivity contribution in [1.29, 1.82) is 0 Å². The molecule has 0 atom stereocenters. The quantitative estimate of drug-likeness (QED) is 0.344. The van der Waals surface area contributed by atoms with E-state index in [1.165, 1.54) is 6.92 Å².